The molecule has 0 bridgehead atoms. The van der Waals surface area contributed by atoms with Gasteiger partial charge in [-0.05, 0) is 86.9 Å². The molecule has 3 nitrogen and oxygen atoms in total. The molecule has 1 aliphatic carbocycles. The second-order valence-corrected chi connectivity index (χ2v) is 8.00. The SMILES string of the molecule is COc1ccc2c(c1)CC[C@@]1(CCCCN1CCc1ccccc1C)C2=O. The average molecular weight is 364 g/mol. The number of methoxy groups -OCH3 is 1. The van der Waals surface area contributed by atoms with Crippen molar-refractivity contribution in [3.8, 4) is 5.75 Å². The molecule has 3 heteroatoms. The van der Waals surface area contributed by atoms with Crippen LogP contribution in [0.4, 0.5) is 0 Å². The number of fused-ring (bicyclic) bond motifs is 1. The zero-order valence-corrected chi connectivity index (χ0v) is 16.5. The summed E-state index contributed by atoms with van der Waals surface area (Å²) >= 11 is 0. The Morgan fingerprint density at radius 2 is 1.96 bits per heavy atom. The number of hydrogen-bond donors (Lipinski definition) is 0. The van der Waals surface area contributed by atoms with Gasteiger partial charge in [-0.15, -0.1) is 0 Å². The van der Waals surface area contributed by atoms with E-state index in [1.165, 1.54) is 17.5 Å². The summed E-state index contributed by atoms with van der Waals surface area (Å²) in [7, 11) is 1.68. The number of ketones is 1. The number of likely N-dealkylation sites (tertiary alicyclic amines) is 1. The number of carbonyl (C=O) groups is 1. The Bertz CT molecular complexity index is 844. The molecule has 0 radical (unpaired) electrons. The van der Waals surface area contributed by atoms with Gasteiger partial charge in [-0.2, -0.15) is 0 Å². The fraction of sp³-hybridized carbons (Fsp3) is 0.458. The Balaban J connectivity index is 1.59. The van der Waals surface area contributed by atoms with Gasteiger partial charge in [0.05, 0.1) is 12.6 Å². The highest BCUT2D eigenvalue weighted by Crippen LogP contribution is 2.40. The van der Waals surface area contributed by atoms with Crippen molar-refractivity contribution in [2.45, 2.75) is 51.0 Å². The fourth-order valence-corrected chi connectivity index (χ4v) is 4.94. The number of piperidine rings is 1. The molecule has 1 aliphatic heterocycles. The zero-order chi connectivity index (χ0) is 18.9. The van der Waals surface area contributed by atoms with Gasteiger partial charge < -0.3 is 4.74 Å². The standard InChI is InChI=1S/C24H29NO2/c1-18-7-3-4-8-19(18)12-16-25-15-6-5-13-24(25)14-11-20-17-21(27-2)9-10-22(20)23(24)26/h3-4,7-10,17H,5-6,11-16H2,1-2H3/t24-/m0/s1. The number of benzene rings is 2. The zero-order valence-electron chi connectivity index (χ0n) is 16.5. The van der Waals surface area contributed by atoms with Crippen molar-refractivity contribution in [1.82, 2.24) is 4.90 Å². The maximum absolute atomic E-state index is 13.6. The van der Waals surface area contributed by atoms with Gasteiger partial charge in [0.25, 0.3) is 0 Å². The van der Waals surface area contributed by atoms with Crippen molar-refractivity contribution < 1.29 is 9.53 Å². The third-order valence-corrected chi connectivity index (χ3v) is 6.57. The van der Waals surface area contributed by atoms with Crippen LogP contribution in [0.1, 0.15) is 52.7 Å². The van der Waals surface area contributed by atoms with Crippen LogP contribution in [-0.2, 0) is 12.8 Å². The van der Waals surface area contributed by atoms with E-state index in [0.29, 0.717) is 5.78 Å². The third-order valence-electron chi connectivity index (χ3n) is 6.57. The van der Waals surface area contributed by atoms with Crippen LogP contribution in [-0.4, -0.2) is 36.4 Å². The number of nitrogens with zero attached hydrogens (tertiary/aromatic N) is 1. The van der Waals surface area contributed by atoms with E-state index in [9.17, 15) is 4.79 Å². The second-order valence-electron chi connectivity index (χ2n) is 8.00. The quantitative estimate of drug-likeness (QED) is 0.795. The first-order valence-corrected chi connectivity index (χ1v) is 10.2. The minimum absolute atomic E-state index is 0.303. The van der Waals surface area contributed by atoms with Crippen LogP contribution in [0, 0.1) is 6.92 Å². The normalized spacial score (nSPS) is 22.7. The monoisotopic (exact) mass is 363 g/mol. The van der Waals surface area contributed by atoms with Crippen LogP contribution in [0.25, 0.3) is 0 Å². The highest BCUT2D eigenvalue weighted by molar-refractivity contribution is 6.05. The Kier molecular flexibility index (Phi) is 5.05. The van der Waals surface area contributed by atoms with Crippen LogP contribution in [0.2, 0.25) is 0 Å². The molecule has 0 amide bonds. The molecule has 2 aliphatic rings. The van der Waals surface area contributed by atoms with Gasteiger partial charge in [0.2, 0.25) is 0 Å². The van der Waals surface area contributed by atoms with Crippen LogP contribution in [0.15, 0.2) is 42.5 Å². The molecule has 1 spiro atoms. The number of rotatable bonds is 4. The highest BCUT2D eigenvalue weighted by Gasteiger charge is 2.47. The maximum atomic E-state index is 13.6. The largest absolute Gasteiger partial charge is 0.497 e. The molecule has 0 N–H and O–H groups in total. The lowest BCUT2D eigenvalue weighted by molar-refractivity contribution is 0.0298. The lowest BCUT2D eigenvalue weighted by Gasteiger charge is -2.48. The number of aryl methyl sites for hydroxylation is 2. The van der Waals surface area contributed by atoms with Gasteiger partial charge in [0, 0.05) is 12.1 Å². The van der Waals surface area contributed by atoms with Crippen molar-refractivity contribution >= 4 is 5.78 Å². The number of Topliss-reactive ketones (excluding diaryl/α,β-unsaturated/α-hetero) is 1. The molecule has 142 valence electrons. The molecule has 0 saturated carbocycles. The first kappa shape index (κ1) is 18.2. The van der Waals surface area contributed by atoms with Crippen molar-refractivity contribution in [1.29, 1.82) is 0 Å². The van der Waals surface area contributed by atoms with E-state index in [1.807, 2.05) is 18.2 Å². The van der Waals surface area contributed by atoms with E-state index < -0.39 is 0 Å². The van der Waals surface area contributed by atoms with E-state index in [0.717, 1.165) is 62.1 Å². The number of hydrogen-bond acceptors (Lipinski definition) is 3. The first-order valence-electron chi connectivity index (χ1n) is 10.2. The first-order chi connectivity index (χ1) is 13.1. The molecule has 1 atom stereocenters. The minimum Gasteiger partial charge on any atom is -0.497 e. The molecule has 1 saturated heterocycles. The number of carbonyl (C=O) groups excluding carboxylic acids is 1. The van der Waals surface area contributed by atoms with Gasteiger partial charge in [0.15, 0.2) is 5.78 Å². The third kappa shape index (κ3) is 3.29. The van der Waals surface area contributed by atoms with E-state index >= 15 is 0 Å². The maximum Gasteiger partial charge on any atom is 0.183 e. The van der Waals surface area contributed by atoms with Gasteiger partial charge in [-0.3, -0.25) is 9.69 Å². The summed E-state index contributed by atoms with van der Waals surface area (Å²) in [6, 6.07) is 14.6. The summed E-state index contributed by atoms with van der Waals surface area (Å²) in [5.41, 5.74) is 4.49. The lowest BCUT2D eigenvalue weighted by atomic mass is 9.71. The van der Waals surface area contributed by atoms with E-state index in [1.54, 1.807) is 7.11 Å². The predicted molar refractivity (Wildman–Crippen MR) is 109 cm³/mol. The van der Waals surface area contributed by atoms with Crippen molar-refractivity contribution in [2.24, 2.45) is 0 Å². The van der Waals surface area contributed by atoms with E-state index in [2.05, 4.69) is 36.1 Å². The topological polar surface area (TPSA) is 29.5 Å². The Morgan fingerprint density at radius 3 is 2.78 bits per heavy atom. The smallest absolute Gasteiger partial charge is 0.183 e. The molecular weight excluding hydrogens is 334 g/mol. The molecule has 2 aromatic rings. The lowest BCUT2D eigenvalue weighted by Crippen LogP contribution is -2.59. The highest BCUT2D eigenvalue weighted by atomic mass is 16.5. The summed E-state index contributed by atoms with van der Waals surface area (Å²) in [5, 5.41) is 0. The van der Waals surface area contributed by atoms with Crippen molar-refractivity contribution in [2.75, 3.05) is 20.2 Å². The van der Waals surface area contributed by atoms with E-state index in [4.69, 9.17) is 4.74 Å². The van der Waals surface area contributed by atoms with Gasteiger partial charge >= 0.3 is 0 Å². The summed E-state index contributed by atoms with van der Waals surface area (Å²) in [6.45, 7) is 4.17. The average Bonchev–Trinajstić information content (AvgIpc) is 2.71. The molecule has 0 aromatic heterocycles. The van der Waals surface area contributed by atoms with Crippen molar-refractivity contribution in [3.05, 3.63) is 64.7 Å². The Morgan fingerprint density at radius 1 is 1.11 bits per heavy atom. The molecule has 4 rings (SSSR count). The minimum atomic E-state index is -0.303. The second kappa shape index (κ2) is 7.47. The van der Waals surface area contributed by atoms with Crippen LogP contribution < -0.4 is 4.74 Å². The van der Waals surface area contributed by atoms with Crippen LogP contribution >= 0.6 is 0 Å². The van der Waals surface area contributed by atoms with Gasteiger partial charge in [-0.1, -0.05) is 24.3 Å². The summed E-state index contributed by atoms with van der Waals surface area (Å²) < 4.78 is 5.35. The molecule has 1 fully saturated rings. The number of ether oxygens (including phenoxy) is 1. The molecular formula is C24H29NO2. The van der Waals surface area contributed by atoms with Crippen LogP contribution in [0.3, 0.4) is 0 Å². The molecule has 27 heavy (non-hydrogen) atoms. The Hall–Kier alpha value is -2.13. The predicted octanol–water partition coefficient (Wildman–Crippen LogP) is 4.60. The summed E-state index contributed by atoms with van der Waals surface area (Å²) in [5.74, 6) is 1.17. The summed E-state index contributed by atoms with van der Waals surface area (Å²) in [6.07, 6.45) is 6.23. The summed E-state index contributed by atoms with van der Waals surface area (Å²) in [4.78, 5) is 16.1. The van der Waals surface area contributed by atoms with Gasteiger partial charge in [0.1, 0.15) is 5.75 Å². The molecule has 2 aromatic carbocycles. The molecule has 1 heterocycles. The van der Waals surface area contributed by atoms with E-state index in [-0.39, 0.29) is 5.54 Å². The van der Waals surface area contributed by atoms with Crippen molar-refractivity contribution in [3.63, 3.8) is 0 Å². The molecule has 0 unspecified atom stereocenters. The van der Waals surface area contributed by atoms with Crippen LogP contribution in [0.5, 0.6) is 5.75 Å². The Labute approximate surface area is 162 Å². The fourth-order valence-electron chi connectivity index (χ4n) is 4.94. The van der Waals surface area contributed by atoms with Gasteiger partial charge in [-0.25, -0.2) is 0 Å².